The van der Waals surface area contributed by atoms with Gasteiger partial charge in [-0.1, -0.05) is 25.7 Å². The number of halogens is 1. The summed E-state index contributed by atoms with van der Waals surface area (Å²) < 4.78 is 0.831. The summed E-state index contributed by atoms with van der Waals surface area (Å²) in [6.45, 7) is 0.558. The highest BCUT2D eigenvalue weighted by atomic mass is 79.9. The number of aliphatic hydroxyl groups is 1. The van der Waals surface area contributed by atoms with E-state index in [4.69, 9.17) is 0 Å². The number of aromatic nitrogens is 2. The topological polar surface area (TPSA) is 58.0 Å². The van der Waals surface area contributed by atoms with E-state index in [0.29, 0.717) is 6.54 Å². The number of nitrogens with zero attached hydrogens (tertiary/aromatic N) is 2. The second-order valence-corrected chi connectivity index (χ2v) is 5.57. The van der Waals surface area contributed by atoms with Gasteiger partial charge in [-0.3, -0.25) is 0 Å². The molecule has 1 heterocycles. The molecule has 4 nitrogen and oxygen atoms in total. The van der Waals surface area contributed by atoms with Crippen LogP contribution >= 0.6 is 15.9 Å². The standard InChI is InChI=1S/C12H18BrN3O/c13-10-7-14-9-16-11(10)15-8-12(17)5-3-1-2-4-6-12/h7,9,17H,1-6,8H2,(H,14,15,16). The van der Waals surface area contributed by atoms with Crippen LogP contribution in [-0.4, -0.2) is 27.2 Å². The van der Waals surface area contributed by atoms with Crippen molar-refractivity contribution in [2.24, 2.45) is 0 Å². The zero-order valence-corrected chi connectivity index (χ0v) is 11.4. The van der Waals surface area contributed by atoms with Crippen molar-refractivity contribution in [1.82, 2.24) is 9.97 Å². The summed E-state index contributed by atoms with van der Waals surface area (Å²) in [5, 5.41) is 13.7. The monoisotopic (exact) mass is 299 g/mol. The molecule has 0 bridgehead atoms. The largest absolute Gasteiger partial charge is 0.388 e. The van der Waals surface area contributed by atoms with E-state index in [-0.39, 0.29) is 0 Å². The summed E-state index contributed by atoms with van der Waals surface area (Å²) in [5.41, 5.74) is -0.582. The van der Waals surface area contributed by atoms with Crippen LogP contribution in [0.2, 0.25) is 0 Å². The molecule has 0 atom stereocenters. The molecule has 0 unspecified atom stereocenters. The van der Waals surface area contributed by atoms with E-state index in [1.165, 1.54) is 19.2 Å². The third-order valence-corrected chi connectivity index (χ3v) is 3.87. The van der Waals surface area contributed by atoms with Crippen LogP contribution in [0.25, 0.3) is 0 Å². The lowest BCUT2D eigenvalue weighted by atomic mass is 9.94. The van der Waals surface area contributed by atoms with Crippen molar-refractivity contribution in [2.75, 3.05) is 11.9 Å². The Hall–Kier alpha value is -0.680. The molecule has 1 aromatic rings. The minimum Gasteiger partial charge on any atom is -0.388 e. The van der Waals surface area contributed by atoms with Crippen LogP contribution in [0.3, 0.4) is 0 Å². The molecule has 0 spiro atoms. The van der Waals surface area contributed by atoms with Gasteiger partial charge in [0, 0.05) is 12.7 Å². The van der Waals surface area contributed by atoms with Crippen LogP contribution in [-0.2, 0) is 0 Å². The van der Waals surface area contributed by atoms with Crippen LogP contribution in [0.5, 0.6) is 0 Å². The second kappa shape index (κ2) is 5.78. The first-order chi connectivity index (χ1) is 8.20. The molecule has 2 N–H and O–H groups in total. The zero-order chi connectivity index (χ0) is 12.1. The van der Waals surface area contributed by atoms with Crippen molar-refractivity contribution in [3.05, 3.63) is 17.0 Å². The van der Waals surface area contributed by atoms with E-state index in [1.54, 1.807) is 6.20 Å². The van der Waals surface area contributed by atoms with E-state index in [1.807, 2.05) is 0 Å². The molecule has 0 saturated heterocycles. The number of hydrogen-bond acceptors (Lipinski definition) is 4. The Morgan fingerprint density at radius 1 is 1.29 bits per heavy atom. The molecule has 1 aliphatic rings. The molecule has 5 heteroatoms. The number of nitrogens with one attached hydrogen (secondary N) is 1. The molecular formula is C12H18BrN3O. The molecular weight excluding hydrogens is 282 g/mol. The van der Waals surface area contributed by atoms with Crippen LogP contribution in [0, 0.1) is 0 Å². The lowest BCUT2D eigenvalue weighted by molar-refractivity contribution is 0.0380. The average molecular weight is 300 g/mol. The van der Waals surface area contributed by atoms with Crippen molar-refractivity contribution < 1.29 is 5.11 Å². The maximum absolute atomic E-state index is 10.5. The van der Waals surface area contributed by atoms with Gasteiger partial charge in [-0.05, 0) is 28.8 Å². The Bertz CT molecular complexity index is 365. The van der Waals surface area contributed by atoms with Gasteiger partial charge in [0.1, 0.15) is 12.1 Å². The molecule has 1 fully saturated rings. The van der Waals surface area contributed by atoms with Crippen molar-refractivity contribution in [3.63, 3.8) is 0 Å². The predicted octanol–water partition coefficient (Wildman–Crippen LogP) is 2.74. The highest BCUT2D eigenvalue weighted by Gasteiger charge is 2.27. The number of hydrogen-bond donors (Lipinski definition) is 2. The van der Waals surface area contributed by atoms with Crippen molar-refractivity contribution in [1.29, 1.82) is 0 Å². The van der Waals surface area contributed by atoms with E-state index >= 15 is 0 Å². The normalized spacial score (nSPS) is 19.6. The summed E-state index contributed by atoms with van der Waals surface area (Å²) in [6, 6.07) is 0. The Morgan fingerprint density at radius 2 is 2.00 bits per heavy atom. The maximum Gasteiger partial charge on any atom is 0.143 e. The first kappa shape index (κ1) is 12.8. The van der Waals surface area contributed by atoms with Crippen molar-refractivity contribution in [3.8, 4) is 0 Å². The van der Waals surface area contributed by atoms with E-state index in [0.717, 1.165) is 36.0 Å². The Kier molecular flexibility index (Phi) is 4.34. The average Bonchev–Trinajstić information content (AvgIpc) is 2.54. The van der Waals surface area contributed by atoms with E-state index in [2.05, 4.69) is 31.2 Å². The first-order valence-corrected chi connectivity index (χ1v) is 6.91. The van der Waals surface area contributed by atoms with Gasteiger partial charge in [-0.15, -0.1) is 0 Å². The first-order valence-electron chi connectivity index (χ1n) is 6.11. The Balaban J connectivity index is 1.94. The van der Waals surface area contributed by atoms with Crippen molar-refractivity contribution in [2.45, 2.75) is 44.1 Å². The van der Waals surface area contributed by atoms with E-state index < -0.39 is 5.60 Å². The third kappa shape index (κ3) is 3.64. The summed E-state index contributed by atoms with van der Waals surface area (Å²) in [6.07, 6.45) is 9.66. The Morgan fingerprint density at radius 3 is 2.65 bits per heavy atom. The fourth-order valence-electron chi connectivity index (χ4n) is 2.25. The minimum atomic E-state index is -0.582. The van der Waals surface area contributed by atoms with Gasteiger partial charge in [-0.2, -0.15) is 0 Å². The van der Waals surface area contributed by atoms with Crippen LogP contribution in [0.15, 0.2) is 17.0 Å². The molecule has 2 rings (SSSR count). The highest BCUT2D eigenvalue weighted by Crippen LogP contribution is 2.28. The molecule has 0 amide bonds. The lowest BCUT2D eigenvalue weighted by Gasteiger charge is -2.27. The fraction of sp³-hybridized carbons (Fsp3) is 0.667. The zero-order valence-electron chi connectivity index (χ0n) is 9.82. The molecule has 0 aromatic carbocycles. The summed E-state index contributed by atoms with van der Waals surface area (Å²) in [4.78, 5) is 8.05. The Labute approximate surface area is 110 Å². The SMILES string of the molecule is OC1(CNc2ncncc2Br)CCCCCC1. The quantitative estimate of drug-likeness (QED) is 0.843. The summed E-state index contributed by atoms with van der Waals surface area (Å²) in [7, 11) is 0. The number of rotatable bonds is 3. The van der Waals surface area contributed by atoms with Gasteiger partial charge in [0.2, 0.25) is 0 Å². The third-order valence-electron chi connectivity index (χ3n) is 3.29. The van der Waals surface area contributed by atoms with Crippen LogP contribution < -0.4 is 5.32 Å². The lowest BCUT2D eigenvalue weighted by Crippen LogP contribution is -2.36. The molecule has 94 valence electrons. The molecule has 17 heavy (non-hydrogen) atoms. The predicted molar refractivity (Wildman–Crippen MR) is 70.9 cm³/mol. The van der Waals surface area contributed by atoms with E-state index in [9.17, 15) is 5.11 Å². The molecule has 0 aliphatic heterocycles. The molecule has 1 saturated carbocycles. The van der Waals surface area contributed by atoms with Gasteiger partial charge in [-0.25, -0.2) is 9.97 Å². The molecule has 1 aliphatic carbocycles. The van der Waals surface area contributed by atoms with Gasteiger partial charge in [0.25, 0.3) is 0 Å². The van der Waals surface area contributed by atoms with Gasteiger partial charge >= 0.3 is 0 Å². The summed E-state index contributed by atoms with van der Waals surface area (Å²) >= 11 is 3.39. The van der Waals surface area contributed by atoms with Crippen LogP contribution in [0.1, 0.15) is 38.5 Å². The van der Waals surface area contributed by atoms with Crippen molar-refractivity contribution >= 4 is 21.7 Å². The summed E-state index contributed by atoms with van der Waals surface area (Å²) in [5.74, 6) is 0.748. The maximum atomic E-state index is 10.5. The van der Waals surface area contributed by atoms with Crippen LogP contribution in [0.4, 0.5) is 5.82 Å². The fourth-order valence-corrected chi connectivity index (χ4v) is 2.62. The molecule has 0 radical (unpaired) electrons. The number of anilines is 1. The van der Waals surface area contributed by atoms with Gasteiger partial charge < -0.3 is 10.4 Å². The smallest absolute Gasteiger partial charge is 0.143 e. The second-order valence-electron chi connectivity index (χ2n) is 4.71. The minimum absolute atomic E-state index is 0.558. The van der Waals surface area contributed by atoms with Gasteiger partial charge in [0.05, 0.1) is 10.1 Å². The molecule has 1 aromatic heterocycles. The highest BCUT2D eigenvalue weighted by molar-refractivity contribution is 9.10. The van der Waals surface area contributed by atoms with Gasteiger partial charge in [0.15, 0.2) is 0 Å².